The molecule has 0 aliphatic heterocycles. The zero-order valence-corrected chi connectivity index (χ0v) is 14.5. The zero-order chi connectivity index (χ0) is 14.4. The quantitative estimate of drug-likeness (QED) is 0.471. The van der Waals surface area contributed by atoms with E-state index in [1.807, 2.05) is 49.4 Å². The Kier molecular flexibility index (Phi) is 7.01. The molecule has 3 N–H and O–H groups in total. The van der Waals surface area contributed by atoms with E-state index >= 15 is 0 Å². The second kappa shape index (κ2) is 8.51. The Bertz CT molecular complexity index is 600. The van der Waals surface area contributed by atoms with Gasteiger partial charge in [-0.1, -0.05) is 24.3 Å². The fourth-order valence-corrected chi connectivity index (χ4v) is 1.92. The van der Waals surface area contributed by atoms with E-state index in [0.29, 0.717) is 12.5 Å². The minimum absolute atomic E-state index is 0. The van der Waals surface area contributed by atoms with E-state index in [9.17, 15) is 0 Å². The van der Waals surface area contributed by atoms with Crippen molar-refractivity contribution < 1.29 is 4.74 Å². The normalized spacial score (nSPS) is 10.7. The van der Waals surface area contributed by atoms with Crippen LogP contribution in [0.1, 0.15) is 11.1 Å². The number of aryl methyl sites for hydroxylation is 1. The Morgan fingerprint density at radius 2 is 1.90 bits per heavy atom. The van der Waals surface area contributed by atoms with Crippen LogP contribution in [-0.4, -0.2) is 13.1 Å². The molecule has 0 spiro atoms. The van der Waals surface area contributed by atoms with E-state index < -0.39 is 0 Å². The number of hydrogen-bond acceptors (Lipinski definition) is 2. The summed E-state index contributed by atoms with van der Waals surface area (Å²) in [5, 5.41) is 3.05. The standard InChI is InChI=1S/C16H19N3O.HI/c1-12-8-13(10-15(9-12)20-2)11-18-16(17)19-14-6-4-3-5-7-14;/h3-10H,11H2,1-2H3,(H3,17,18,19);1H. The van der Waals surface area contributed by atoms with E-state index in [4.69, 9.17) is 10.5 Å². The van der Waals surface area contributed by atoms with E-state index in [2.05, 4.69) is 16.4 Å². The SMILES string of the molecule is COc1cc(C)cc(CN=C(N)Nc2ccccc2)c1.I. The van der Waals surface area contributed by atoms with Crippen LogP contribution in [0, 0.1) is 6.92 Å². The van der Waals surface area contributed by atoms with Crippen LogP contribution in [-0.2, 0) is 6.54 Å². The summed E-state index contributed by atoms with van der Waals surface area (Å²) in [5.74, 6) is 1.24. The monoisotopic (exact) mass is 397 g/mol. The first kappa shape index (κ1) is 17.3. The molecule has 0 atom stereocenters. The highest BCUT2D eigenvalue weighted by Gasteiger charge is 1.99. The van der Waals surface area contributed by atoms with Crippen molar-refractivity contribution in [2.75, 3.05) is 12.4 Å². The molecule has 4 nitrogen and oxygen atoms in total. The number of rotatable bonds is 4. The van der Waals surface area contributed by atoms with Crippen LogP contribution in [0.25, 0.3) is 0 Å². The van der Waals surface area contributed by atoms with Crippen LogP contribution in [0.3, 0.4) is 0 Å². The Labute approximate surface area is 142 Å². The fourth-order valence-electron chi connectivity index (χ4n) is 1.92. The summed E-state index contributed by atoms with van der Waals surface area (Å²) < 4.78 is 5.24. The lowest BCUT2D eigenvalue weighted by Gasteiger charge is -2.07. The molecule has 0 bridgehead atoms. The van der Waals surface area contributed by atoms with Crippen LogP contribution in [0.15, 0.2) is 53.5 Å². The number of nitrogens with zero attached hydrogens (tertiary/aromatic N) is 1. The molecule has 2 rings (SSSR count). The fraction of sp³-hybridized carbons (Fsp3) is 0.188. The highest BCUT2D eigenvalue weighted by atomic mass is 127. The lowest BCUT2D eigenvalue weighted by molar-refractivity contribution is 0.414. The largest absolute Gasteiger partial charge is 0.497 e. The third-order valence-corrected chi connectivity index (χ3v) is 2.82. The molecule has 2 aromatic carbocycles. The smallest absolute Gasteiger partial charge is 0.193 e. The predicted molar refractivity (Wildman–Crippen MR) is 98.5 cm³/mol. The first-order valence-corrected chi connectivity index (χ1v) is 6.44. The third kappa shape index (κ3) is 5.63. The van der Waals surface area contributed by atoms with Gasteiger partial charge in [0.2, 0.25) is 0 Å². The van der Waals surface area contributed by atoms with Gasteiger partial charge in [0.05, 0.1) is 13.7 Å². The number of methoxy groups -OCH3 is 1. The number of hydrogen-bond donors (Lipinski definition) is 2. The second-order valence-corrected chi connectivity index (χ2v) is 4.55. The minimum atomic E-state index is 0. The van der Waals surface area contributed by atoms with Crippen LogP contribution in [0.4, 0.5) is 5.69 Å². The van der Waals surface area contributed by atoms with Crippen molar-refractivity contribution in [2.45, 2.75) is 13.5 Å². The minimum Gasteiger partial charge on any atom is -0.497 e. The highest BCUT2D eigenvalue weighted by molar-refractivity contribution is 14.0. The molecule has 0 heterocycles. The molecule has 0 aliphatic rings. The maximum Gasteiger partial charge on any atom is 0.193 e. The lowest BCUT2D eigenvalue weighted by atomic mass is 10.1. The van der Waals surface area contributed by atoms with E-state index in [0.717, 1.165) is 22.6 Å². The summed E-state index contributed by atoms with van der Waals surface area (Å²) in [6.45, 7) is 2.55. The molecule has 0 saturated carbocycles. The van der Waals surface area contributed by atoms with Gasteiger partial charge in [0.1, 0.15) is 5.75 Å². The first-order valence-electron chi connectivity index (χ1n) is 6.44. The van der Waals surface area contributed by atoms with Gasteiger partial charge in [-0.3, -0.25) is 0 Å². The Morgan fingerprint density at radius 3 is 2.57 bits per heavy atom. The topological polar surface area (TPSA) is 59.6 Å². The molecule has 21 heavy (non-hydrogen) atoms. The first-order chi connectivity index (χ1) is 9.67. The summed E-state index contributed by atoms with van der Waals surface area (Å²) in [5.41, 5.74) is 9.01. The predicted octanol–water partition coefficient (Wildman–Crippen LogP) is 3.55. The zero-order valence-electron chi connectivity index (χ0n) is 12.2. The summed E-state index contributed by atoms with van der Waals surface area (Å²) in [6.07, 6.45) is 0. The van der Waals surface area contributed by atoms with Crippen molar-refractivity contribution in [1.82, 2.24) is 0 Å². The average molecular weight is 397 g/mol. The van der Waals surface area contributed by atoms with Crippen molar-refractivity contribution in [1.29, 1.82) is 0 Å². The number of halogens is 1. The van der Waals surface area contributed by atoms with E-state index in [1.165, 1.54) is 0 Å². The number of anilines is 1. The van der Waals surface area contributed by atoms with Crippen molar-refractivity contribution >= 4 is 35.6 Å². The summed E-state index contributed by atoms with van der Waals surface area (Å²) in [6, 6.07) is 15.8. The molecule has 0 unspecified atom stereocenters. The number of nitrogens with two attached hydrogens (primary N) is 1. The molecule has 5 heteroatoms. The molecular formula is C16H20IN3O. The molecule has 0 aromatic heterocycles. The second-order valence-electron chi connectivity index (χ2n) is 4.55. The maximum absolute atomic E-state index is 5.87. The van der Waals surface area contributed by atoms with Crippen molar-refractivity contribution in [2.24, 2.45) is 10.7 Å². The van der Waals surface area contributed by atoms with Gasteiger partial charge in [-0.15, -0.1) is 24.0 Å². The average Bonchev–Trinajstić information content (AvgIpc) is 2.45. The van der Waals surface area contributed by atoms with Gasteiger partial charge in [0, 0.05) is 5.69 Å². The Morgan fingerprint density at radius 1 is 1.19 bits per heavy atom. The Hall–Kier alpha value is -1.76. The molecule has 0 aliphatic carbocycles. The van der Waals surface area contributed by atoms with Crippen molar-refractivity contribution in [3.8, 4) is 5.75 Å². The molecular weight excluding hydrogens is 377 g/mol. The van der Waals surface area contributed by atoms with Gasteiger partial charge in [0.25, 0.3) is 0 Å². The Balaban J connectivity index is 0.00000220. The van der Waals surface area contributed by atoms with Gasteiger partial charge in [-0.05, 0) is 42.3 Å². The van der Waals surface area contributed by atoms with Gasteiger partial charge >= 0.3 is 0 Å². The van der Waals surface area contributed by atoms with Crippen molar-refractivity contribution in [3.63, 3.8) is 0 Å². The molecule has 0 fully saturated rings. The molecule has 2 aromatic rings. The summed E-state index contributed by atoms with van der Waals surface area (Å²) in [4.78, 5) is 4.33. The number of guanidine groups is 1. The number of ether oxygens (including phenoxy) is 1. The van der Waals surface area contributed by atoms with Gasteiger partial charge in [-0.2, -0.15) is 0 Å². The number of aliphatic imine (C=N–C) groups is 1. The number of nitrogens with one attached hydrogen (secondary N) is 1. The summed E-state index contributed by atoms with van der Waals surface area (Å²) >= 11 is 0. The lowest BCUT2D eigenvalue weighted by Crippen LogP contribution is -2.22. The van der Waals surface area contributed by atoms with Gasteiger partial charge < -0.3 is 15.8 Å². The molecule has 0 saturated heterocycles. The van der Waals surface area contributed by atoms with Crippen LogP contribution < -0.4 is 15.8 Å². The van der Waals surface area contributed by atoms with E-state index in [-0.39, 0.29) is 24.0 Å². The third-order valence-electron chi connectivity index (χ3n) is 2.82. The molecule has 0 amide bonds. The van der Waals surface area contributed by atoms with Gasteiger partial charge in [-0.25, -0.2) is 4.99 Å². The van der Waals surface area contributed by atoms with Crippen LogP contribution in [0.5, 0.6) is 5.75 Å². The molecule has 0 radical (unpaired) electrons. The van der Waals surface area contributed by atoms with Gasteiger partial charge in [0.15, 0.2) is 5.96 Å². The number of para-hydroxylation sites is 1. The number of benzene rings is 2. The summed E-state index contributed by atoms with van der Waals surface area (Å²) in [7, 11) is 1.66. The van der Waals surface area contributed by atoms with Crippen LogP contribution >= 0.6 is 24.0 Å². The van der Waals surface area contributed by atoms with Crippen molar-refractivity contribution in [3.05, 3.63) is 59.7 Å². The highest BCUT2D eigenvalue weighted by Crippen LogP contribution is 2.17. The van der Waals surface area contributed by atoms with E-state index in [1.54, 1.807) is 7.11 Å². The van der Waals surface area contributed by atoms with Crippen LogP contribution in [0.2, 0.25) is 0 Å². The maximum atomic E-state index is 5.87. The molecule has 112 valence electrons.